The van der Waals surface area contributed by atoms with Crippen LogP contribution in [0.1, 0.15) is 24.8 Å². The van der Waals surface area contributed by atoms with Gasteiger partial charge >= 0.3 is 5.97 Å². The number of aliphatic carboxylic acids is 1. The van der Waals surface area contributed by atoms with E-state index in [0.29, 0.717) is 41.7 Å². The van der Waals surface area contributed by atoms with Crippen molar-refractivity contribution in [3.05, 3.63) is 33.8 Å². The lowest BCUT2D eigenvalue weighted by Gasteiger charge is -2.34. The highest BCUT2D eigenvalue weighted by Crippen LogP contribution is 2.26. The molecule has 0 atom stereocenters. The number of hydrogen-bond acceptors (Lipinski definition) is 3. The number of rotatable bonds is 6. The second-order valence-corrected chi connectivity index (χ2v) is 6.27. The van der Waals surface area contributed by atoms with Gasteiger partial charge in [-0.05, 0) is 30.5 Å². The predicted molar refractivity (Wildman–Crippen MR) is 88.0 cm³/mol. The zero-order valence-electron chi connectivity index (χ0n) is 12.6. The summed E-state index contributed by atoms with van der Waals surface area (Å²) in [6.07, 6.45) is 1.40. The summed E-state index contributed by atoms with van der Waals surface area (Å²) in [5, 5.41) is 9.80. The molecule has 0 unspecified atom stereocenters. The van der Waals surface area contributed by atoms with Crippen LogP contribution in [-0.2, 0) is 20.7 Å². The van der Waals surface area contributed by atoms with Gasteiger partial charge in [0.2, 0.25) is 5.91 Å². The maximum absolute atomic E-state index is 12.7. The van der Waals surface area contributed by atoms with Crippen LogP contribution in [0, 0.1) is 0 Å². The van der Waals surface area contributed by atoms with E-state index in [2.05, 4.69) is 0 Å². The summed E-state index contributed by atoms with van der Waals surface area (Å²) in [6, 6.07) is 5.09. The Morgan fingerprint density at radius 2 is 1.83 bits per heavy atom. The molecule has 1 saturated heterocycles. The Labute approximate surface area is 145 Å². The van der Waals surface area contributed by atoms with E-state index < -0.39 is 5.97 Å². The zero-order chi connectivity index (χ0) is 16.8. The van der Waals surface area contributed by atoms with Crippen LogP contribution in [0.2, 0.25) is 10.0 Å². The Morgan fingerprint density at radius 1 is 1.22 bits per heavy atom. The third kappa shape index (κ3) is 5.09. The van der Waals surface area contributed by atoms with Gasteiger partial charge < -0.3 is 14.7 Å². The molecule has 5 nitrogen and oxygen atoms in total. The maximum Gasteiger partial charge on any atom is 0.305 e. The van der Waals surface area contributed by atoms with Crippen LogP contribution in [-0.4, -0.2) is 47.7 Å². The van der Waals surface area contributed by atoms with Gasteiger partial charge in [-0.3, -0.25) is 9.59 Å². The van der Waals surface area contributed by atoms with Gasteiger partial charge in [0, 0.05) is 35.8 Å². The lowest BCUT2D eigenvalue weighted by molar-refractivity contribution is -0.140. The molecule has 1 aliphatic rings. The molecule has 1 aliphatic heterocycles. The number of hydrogen-bond donors (Lipinski definition) is 1. The summed E-state index contributed by atoms with van der Waals surface area (Å²) >= 11 is 12.2. The average Bonchev–Trinajstić information content (AvgIpc) is 2.52. The van der Waals surface area contributed by atoms with E-state index in [9.17, 15) is 9.59 Å². The van der Waals surface area contributed by atoms with Crippen LogP contribution in [0.3, 0.4) is 0 Å². The number of ether oxygens (including phenoxy) is 1. The van der Waals surface area contributed by atoms with Crippen LogP contribution in [0.25, 0.3) is 0 Å². The zero-order valence-corrected chi connectivity index (χ0v) is 14.1. The monoisotopic (exact) mass is 359 g/mol. The first-order valence-electron chi connectivity index (χ1n) is 7.51. The smallest absolute Gasteiger partial charge is 0.305 e. The first-order chi connectivity index (χ1) is 11.0. The summed E-state index contributed by atoms with van der Waals surface area (Å²) in [5.41, 5.74) is 0.577. The molecule has 1 aromatic rings. The van der Waals surface area contributed by atoms with Crippen molar-refractivity contribution < 1.29 is 19.4 Å². The summed E-state index contributed by atoms with van der Waals surface area (Å²) < 4.78 is 5.32. The van der Waals surface area contributed by atoms with Crippen LogP contribution in [0.5, 0.6) is 0 Å². The lowest BCUT2D eigenvalue weighted by atomic mass is 10.0. The summed E-state index contributed by atoms with van der Waals surface area (Å²) in [7, 11) is 0. The molecular formula is C16H19Cl2NO4. The Morgan fingerprint density at radius 3 is 2.39 bits per heavy atom. The highest BCUT2D eigenvalue weighted by Gasteiger charge is 2.27. The van der Waals surface area contributed by atoms with Gasteiger partial charge in [0.05, 0.1) is 12.8 Å². The van der Waals surface area contributed by atoms with Crippen molar-refractivity contribution in [2.24, 2.45) is 0 Å². The Balaban J connectivity index is 2.13. The van der Waals surface area contributed by atoms with E-state index >= 15 is 0 Å². The van der Waals surface area contributed by atoms with Gasteiger partial charge in [-0.2, -0.15) is 0 Å². The number of carbonyl (C=O) groups excluding carboxylic acids is 1. The topological polar surface area (TPSA) is 66.8 Å². The molecule has 0 radical (unpaired) electrons. The van der Waals surface area contributed by atoms with Crippen molar-refractivity contribution in [3.63, 3.8) is 0 Å². The number of carbonyl (C=O) groups is 2. The molecule has 7 heteroatoms. The second-order valence-electron chi connectivity index (χ2n) is 5.45. The van der Waals surface area contributed by atoms with Crippen molar-refractivity contribution in [1.29, 1.82) is 0 Å². The Kier molecular flexibility index (Phi) is 6.69. The van der Waals surface area contributed by atoms with Crippen molar-refractivity contribution in [1.82, 2.24) is 4.90 Å². The van der Waals surface area contributed by atoms with Gasteiger partial charge in [-0.25, -0.2) is 0 Å². The fourth-order valence-corrected chi connectivity index (χ4v) is 3.21. The highest BCUT2D eigenvalue weighted by atomic mass is 35.5. The molecule has 23 heavy (non-hydrogen) atoms. The molecule has 1 amide bonds. The van der Waals surface area contributed by atoms with Crippen molar-refractivity contribution in [2.45, 2.75) is 31.7 Å². The van der Waals surface area contributed by atoms with E-state index in [0.717, 1.165) is 0 Å². The molecule has 0 saturated carbocycles. The molecule has 0 spiro atoms. The first-order valence-corrected chi connectivity index (χ1v) is 8.26. The fourth-order valence-electron chi connectivity index (χ4n) is 2.68. The van der Waals surface area contributed by atoms with E-state index in [1.807, 2.05) is 0 Å². The Bertz CT molecular complexity index is 553. The van der Waals surface area contributed by atoms with E-state index in [-0.39, 0.29) is 31.3 Å². The molecule has 0 aliphatic carbocycles. The van der Waals surface area contributed by atoms with E-state index in [1.165, 1.54) is 0 Å². The van der Waals surface area contributed by atoms with Gasteiger partial charge in [-0.15, -0.1) is 0 Å². The number of carboxylic acids is 1. The SMILES string of the molecule is O=C(O)CCN(C(=O)Cc1c(Cl)cccc1Cl)C1CCOCC1. The minimum atomic E-state index is -0.925. The standard InChI is InChI=1S/C16H19Cl2NO4/c17-13-2-1-3-14(18)12(13)10-15(20)19(7-4-16(21)22)11-5-8-23-9-6-11/h1-3,11H,4-10H2,(H,21,22). The van der Waals surface area contributed by atoms with Crippen LogP contribution < -0.4 is 0 Å². The lowest BCUT2D eigenvalue weighted by Crippen LogP contribution is -2.45. The number of carboxylic acid groups (broad SMARTS) is 1. The molecule has 1 fully saturated rings. The normalized spacial score (nSPS) is 15.4. The minimum absolute atomic E-state index is 0.00290. The number of nitrogens with zero attached hydrogens (tertiary/aromatic N) is 1. The van der Waals surface area contributed by atoms with Crippen molar-refractivity contribution in [3.8, 4) is 0 Å². The highest BCUT2D eigenvalue weighted by molar-refractivity contribution is 6.36. The Hall–Kier alpha value is -1.30. The number of benzene rings is 1. The molecule has 0 bridgehead atoms. The summed E-state index contributed by atoms with van der Waals surface area (Å²) in [4.78, 5) is 25.2. The quantitative estimate of drug-likeness (QED) is 0.847. The molecule has 1 aromatic carbocycles. The predicted octanol–water partition coefficient (Wildman–Crippen LogP) is 3.02. The van der Waals surface area contributed by atoms with E-state index in [1.54, 1.807) is 23.1 Å². The van der Waals surface area contributed by atoms with Gasteiger partial charge in [0.1, 0.15) is 0 Å². The molecule has 2 rings (SSSR count). The second kappa shape index (κ2) is 8.52. The maximum atomic E-state index is 12.7. The largest absolute Gasteiger partial charge is 0.481 e. The summed E-state index contributed by atoms with van der Waals surface area (Å²) in [6.45, 7) is 1.34. The van der Waals surface area contributed by atoms with Crippen LogP contribution in [0.15, 0.2) is 18.2 Å². The molecular weight excluding hydrogens is 341 g/mol. The van der Waals surface area contributed by atoms with Crippen molar-refractivity contribution >= 4 is 35.1 Å². The molecule has 126 valence electrons. The van der Waals surface area contributed by atoms with Crippen molar-refractivity contribution in [2.75, 3.05) is 19.8 Å². The van der Waals surface area contributed by atoms with Gasteiger partial charge in [0.15, 0.2) is 0 Å². The first kappa shape index (κ1) is 18.0. The minimum Gasteiger partial charge on any atom is -0.481 e. The number of amides is 1. The van der Waals surface area contributed by atoms with Crippen LogP contribution >= 0.6 is 23.2 Å². The van der Waals surface area contributed by atoms with E-state index in [4.69, 9.17) is 33.0 Å². The average molecular weight is 360 g/mol. The molecule has 0 aromatic heterocycles. The molecule has 1 heterocycles. The van der Waals surface area contributed by atoms with Gasteiger partial charge in [-0.1, -0.05) is 29.3 Å². The fraction of sp³-hybridized carbons (Fsp3) is 0.500. The third-order valence-corrected chi connectivity index (χ3v) is 4.62. The van der Waals surface area contributed by atoms with Gasteiger partial charge in [0.25, 0.3) is 0 Å². The third-order valence-electron chi connectivity index (χ3n) is 3.91. The summed E-state index contributed by atoms with van der Waals surface area (Å²) in [5.74, 6) is -1.08. The van der Waals surface area contributed by atoms with Crippen LogP contribution in [0.4, 0.5) is 0 Å². The molecule has 1 N–H and O–H groups in total. The number of halogens is 2.